The van der Waals surface area contributed by atoms with Gasteiger partial charge in [-0.25, -0.2) is 0 Å². The van der Waals surface area contributed by atoms with Crippen LogP contribution in [0.1, 0.15) is 5.56 Å². The third-order valence-corrected chi connectivity index (χ3v) is 1.94. The van der Waals surface area contributed by atoms with Crippen LogP contribution in [0.15, 0.2) is 41.1 Å². The molecule has 1 heterocycles. The van der Waals surface area contributed by atoms with Crippen LogP contribution in [0.5, 0.6) is 0 Å². The van der Waals surface area contributed by atoms with Crippen molar-refractivity contribution in [2.45, 2.75) is 0 Å². The van der Waals surface area contributed by atoms with Gasteiger partial charge in [0.25, 0.3) is 0 Å². The van der Waals surface area contributed by atoms with Gasteiger partial charge in [-0.05, 0) is 24.3 Å². The largest absolute Gasteiger partial charge is 0.356 e. The van der Waals surface area contributed by atoms with E-state index in [0.29, 0.717) is 6.54 Å². The number of nitrogens with two attached hydrogens (primary N) is 1. The summed E-state index contributed by atoms with van der Waals surface area (Å²) in [6.45, 7) is 0.379. The number of rotatable bonds is 1. The fraction of sp³-hybridized carbons (Fsp3) is 0.0833. The summed E-state index contributed by atoms with van der Waals surface area (Å²) < 4.78 is 5.03. The van der Waals surface area contributed by atoms with Gasteiger partial charge in [-0.3, -0.25) is 0 Å². The summed E-state index contributed by atoms with van der Waals surface area (Å²) in [6, 6.07) is 9.57. The SMILES string of the molecule is NCC#Cc1ccc(-c2ccno2)cc1. The average Bonchev–Trinajstić information content (AvgIpc) is 2.80. The standard InChI is InChI=1S/C12H10N2O/c13-8-1-2-10-3-5-11(6-4-10)12-7-9-14-15-12/h3-7,9H,8,13H2. The lowest BCUT2D eigenvalue weighted by molar-refractivity contribution is 0.432. The second kappa shape index (κ2) is 4.45. The van der Waals surface area contributed by atoms with Crippen molar-refractivity contribution in [3.63, 3.8) is 0 Å². The van der Waals surface area contributed by atoms with Crippen molar-refractivity contribution in [3.05, 3.63) is 42.1 Å². The Bertz CT molecular complexity index is 475. The second-order valence-electron chi connectivity index (χ2n) is 2.96. The Kier molecular flexibility index (Phi) is 2.82. The van der Waals surface area contributed by atoms with Crippen LogP contribution >= 0.6 is 0 Å². The lowest BCUT2D eigenvalue weighted by Crippen LogP contribution is -1.92. The summed E-state index contributed by atoms with van der Waals surface area (Å²) in [4.78, 5) is 0. The molecule has 0 amide bonds. The van der Waals surface area contributed by atoms with Crippen LogP contribution in [0.25, 0.3) is 11.3 Å². The summed E-state index contributed by atoms with van der Waals surface area (Å²) >= 11 is 0. The first-order valence-corrected chi connectivity index (χ1v) is 4.60. The number of aromatic nitrogens is 1. The minimum absolute atomic E-state index is 0.379. The predicted molar refractivity (Wildman–Crippen MR) is 57.9 cm³/mol. The molecule has 0 spiro atoms. The summed E-state index contributed by atoms with van der Waals surface area (Å²) in [5.74, 6) is 6.51. The predicted octanol–water partition coefficient (Wildman–Crippen LogP) is 1.65. The molecule has 0 saturated carbocycles. The minimum atomic E-state index is 0.379. The average molecular weight is 198 g/mol. The fourth-order valence-corrected chi connectivity index (χ4v) is 1.24. The van der Waals surface area contributed by atoms with E-state index in [1.807, 2.05) is 30.3 Å². The zero-order valence-corrected chi connectivity index (χ0v) is 8.10. The van der Waals surface area contributed by atoms with Gasteiger partial charge in [0.15, 0.2) is 5.76 Å². The van der Waals surface area contributed by atoms with Gasteiger partial charge in [-0.2, -0.15) is 0 Å². The van der Waals surface area contributed by atoms with E-state index in [9.17, 15) is 0 Å². The van der Waals surface area contributed by atoms with Crippen LogP contribution in [0.3, 0.4) is 0 Å². The van der Waals surface area contributed by atoms with Crippen LogP contribution in [0, 0.1) is 11.8 Å². The van der Waals surface area contributed by atoms with Crippen LogP contribution in [-0.2, 0) is 0 Å². The minimum Gasteiger partial charge on any atom is -0.356 e. The molecule has 0 aliphatic heterocycles. The molecule has 3 nitrogen and oxygen atoms in total. The Morgan fingerprint density at radius 3 is 2.60 bits per heavy atom. The molecule has 0 aliphatic rings. The van der Waals surface area contributed by atoms with Crippen LogP contribution in [0.4, 0.5) is 0 Å². The van der Waals surface area contributed by atoms with Crippen molar-refractivity contribution in [1.29, 1.82) is 0 Å². The van der Waals surface area contributed by atoms with E-state index in [0.717, 1.165) is 16.9 Å². The molecule has 0 saturated heterocycles. The van der Waals surface area contributed by atoms with Crippen LogP contribution in [0.2, 0.25) is 0 Å². The van der Waals surface area contributed by atoms with Crippen LogP contribution < -0.4 is 5.73 Å². The van der Waals surface area contributed by atoms with E-state index in [-0.39, 0.29) is 0 Å². The Morgan fingerprint density at radius 1 is 1.20 bits per heavy atom. The molecule has 2 N–H and O–H groups in total. The van der Waals surface area contributed by atoms with Crippen molar-refractivity contribution in [3.8, 4) is 23.2 Å². The molecule has 74 valence electrons. The lowest BCUT2D eigenvalue weighted by atomic mass is 10.1. The lowest BCUT2D eigenvalue weighted by Gasteiger charge is -1.95. The maximum atomic E-state index is 5.29. The Hall–Kier alpha value is -2.05. The highest BCUT2D eigenvalue weighted by Gasteiger charge is 1.99. The third-order valence-electron chi connectivity index (χ3n) is 1.94. The van der Waals surface area contributed by atoms with Gasteiger partial charge in [-0.15, -0.1) is 0 Å². The number of benzene rings is 1. The van der Waals surface area contributed by atoms with E-state index in [1.165, 1.54) is 0 Å². The van der Waals surface area contributed by atoms with Gasteiger partial charge >= 0.3 is 0 Å². The molecule has 15 heavy (non-hydrogen) atoms. The highest BCUT2D eigenvalue weighted by molar-refractivity contribution is 5.58. The molecule has 1 aromatic heterocycles. The highest BCUT2D eigenvalue weighted by atomic mass is 16.5. The number of hydrogen-bond acceptors (Lipinski definition) is 3. The Balaban J connectivity index is 2.25. The van der Waals surface area contributed by atoms with E-state index >= 15 is 0 Å². The van der Waals surface area contributed by atoms with Gasteiger partial charge in [-0.1, -0.05) is 17.0 Å². The maximum absolute atomic E-state index is 5.29. The Labute approximate surface area is 87.9 Å². The fourth-order valence-electron chi connectivity index (χ4n) is 1.24. The van der Waals surface area contributed by atoms with Crippen molar-refractivity contribution in [2.24, 2.45) is 5.73 Å². The first-order chi connectivity index (χ1) is 7.40. The molecular weight excluding hydrogens is 188 g/mol. The summed E-state index contributed by atoms with van der Waals surface area (Å²) in [6.07, 6.45) is 1.62. The van der Waals surface area contributed by atoms with Crippen molar-refractivity contribution in [1.82, 2.24) is 5.16 Å². The summed E-state index contributed by atoms with van der Waals surface area (Å²) in [7, 11) is 0. The maximum Gasteiger partial charge on any atom is 0.166 e. The van der Waals surface area contributed by atoms with Crippen molar-refractivity contribution < 1.29 is 4.52 Å². The van der Waals surface area contributed by atoms with Crippen molar-refractivity contribution >= 4 is 0 Å². The Morgan fingerprint density at radius 2 is 2.00 bits per heavy atom. The number of nitrogens with zero attached hydrogens (tertiary/aromatic N) is 1. The molecule has 3 heteroatoms. The first-order valence-electron chi connectivity index (χ1n) is 4.60. The van der Waals surface area contributed by atoms with Crippen molar-refractivity contribution in [2.75, 3.05) is 6.54 Å². The summed E-state index contributed by atoms with van der Waals surface area (Å²) in [5.41, 5.74) is 7.23. The van der Waals surface area contributed by atoms with Gasteiger partial charge < -0.3 is 10.3 Å². The second-order valence-corrected chi connectivity index (χ2v) is 2.96. The molecule has 0 unspecified atom stereocenters. The molecular formula is C12H10N2O. The normalized spacial score (nSPS) is 9.40. The van der Waals surface area contributed by atoms with E-state index in [4.69, 9.17) is 10.3 Å². The summed E-state index contributed by atoms with van der Waals surface area (Å²) in [5, 5.41) is 3.65. The van der Waals surface area contributed by atoms with Crippen LogP contribution in [-0.4, -0.2) is 11.7 Å². The van der Waals surface area contributed by atoms with Gasteiger partial charge in [0.1, 0.15) is 0 Å². The number of hydrogen-bond donors (Lipinski definition) is 1. The monoisotopic (exact) mass is 198 g/mol. The quantitative estimate of drug-likeness (QED) is 0.709. The molecule has 0 radical (unpaired) electrons. The molecule has 2 rings (SSSR count). The molecule has 0 aliphatic carbocycles. The van der Waals surface area contributed by atoms with Gasteiger partial charge in [0.2, 0.25) is 0 Å². The van der Waals surface area contributed by atoms with Gasteiger partial charge in [0.05, 0.1) is 12.7 Å². The highest BCUT2D eigenvalue weighted by Crippen LogP contribution is 2.18. The van der Waals surface area contributed by atoms with E-state index in [2.05, 4.69) is 17.0 Å². The zero-order chi connectivity index (χ0) is 10.5. The smallest absolute Gasteiger partial charge is 0.166 e. The van der Waals surface area contributed by atoms with E-state index in [1.54, 1.807) is 6.20 Å². The molecule has 0 bridgehead atoms. The zero-order valence-electron chi connectivity index (χ0n) is 8.10. The third kappa shape index (κ3) is 2.25. The first kappa shape index (κ1) is 9.50. The molecule has 2 aromatic rings. The van der Waals surface area contributed by atoms with E-state index < -0.39 is 0 Å². The molecule has 0 fully saturated rings. The van der Waals surface area contributed by atoms with Gasteiger partial charge in [0, 0.05) is 17.2 Å². The molecule has 0 atom stereocenters. The molecule has 1 aromatic carbocycles. The topological polar surface area (TPSA) is 52.0 Å².